The van der Waals surface area contributed by atoms with Gasteiger partial charge in [-0.2, -0.15) is 0 Å². The molecule has 0 amide bonds. The average Bonchev–Trinajstić information content (AvgIpc) is 1.94. The molecule has 1 atom stereocenters. The van der Waals surface area contributed by atoms with Gasteiger partial charge in [0.1, 0.15) is 0 Å². The number of carbonyl (C=O) groups excluding carboxylic acids is 1. The van der Waals surface area contributed by atoms with Crippen LogP contribution in [0.15, 0.2) is 11.6 Å². The lowest BCUT2D eigenvalue weighted by Gasteiger charge is -2.17. The third-order valence-electron chi connectivity index (χ3n) is 1.99. The molecule has 0 fully saturated rings. The number of hydrogen-bond donors (Lipinski definition) is 1. The van der Waals surface area contributed by atoms with Gasteiger partial charge in [0.2, 0.25) is 0 Å². The lowest BCUT2D eigenvalue weighted by molar-refractivity contribution is -0.115. The van der Waals surface area contributed by atoms with E-state index >= 15 is 0 Å². The van der Waals surface area contributed by atoms with Crippen LogP contribution < -0.4 is 0 Å². The molecule has 0 saturated carbocycles. The minimum atomic E-state index is 0.0346. The monoisotopic (exact) mass is 140 g/mol. The minimum Gasteiger partial charge on any atom is -0.392 e. The molecule has 0 radical (unpaired) electrons. The third kappa shape index (κ3) is 1.45. The molecule has 1 rings (SSSR count). The number of rotatable bonds is 1. The molecule has 2 heteroatoms. The molecule has 0 aromatic carbocycles. The van der Waals surface area contributed by atoms with Crippen LogP contribution in [0, 0.1) is 5.92 Å². The van der Waals surface area contributed by atoms with Gasteiger partial charge in [-0.25, -0.2) is 0 Å². The van der Waals surface area contributed by atoms with Crippen LogP contribution in [0.1, 0.15) is 19.8 Å². The second-order valence-electron chi connectivity index (χ2n) is 2.78. The Kier molecular flexibility index (Phi) is 2.22. The summed E-state index contributed by atoms with van der Waals surface area (Å²) in [5.74, 6) is 0.546. The molecule has 1 unspecified atom stereocenters. The van der Waals surface area contributed by atoms with E-state index in [1.807, 2.05) is 6.92 Å². The maximum absolute atomic E-state index is 10.8. The molecule has 0 aliphatic heterocycles. The highest BCUT2D eigenvalue weighted by molar-refractivity contribution is 5.91. The normalized spacial score (nSPS) is 26.4. The van der Waals surface area contributed by atoms with Crippen molar-refractivity contribution in [3.05, 3.63) is 11.6 Å². The van der Waals surface area contributed by atoms with Gasteiger partial charge in [0.15, 0.2) is 5.78 Å². The van der Waals surface area contributed by atoms with Crippen molar-refractivity contribution in [2.75, 3.05) is 6.61 Å². The first kappa shape index (κ1) is 7.48. The van der Waals surface area contributed by atoms with Crippen molar-refractivity contribution >= 4 is 5.78 Å². The number of allylic oxidation sites excluding steroid dienone is 1. The average molecular weight is 140 g/mol. The molecule has 1 aliphatic carbocycles. The predicted octanol–water partition coefficient (Wildman–Crippen LogP) is 0.904. The van der Waals surface area contributed by atoms with Crippen LogP contribution in [0.5, 0.6) is 0 Å². The fourth-order valence-electron chi connectivity index (χ4n) is 1.17. The van der Waals surface area contributed by atoms with Gasteiger partial charge in [0.05, 0.1) is 6.61 Å². The molecule has 0 spiro atoms. The van der Waals surface area contributed by atoms with E-state index in [9.17, 15) is 4.79 Å². The molecule has 0 aromatic heterocycles. The first-order valence-electron chi connectivity index (χ1n) is 3.58. The van der Waals surface area contributed by atoms with E-state index in [1.165, 1.54) is 0 Å². The van der Waals surface area contributed by atoms with E-state index in [0.29, 0.717) is 12.3 Å². The Hall–Kier alpha value is -0.630. The van der Waals surface area contributed by atoms with Gasteiger partial charge >= 0.3 is 0 Å². The van der Waals surface area contributed by atoms with Gasteiger partial charge in [0.25, 0.3) is 0 Å². The maximum atomic E-state index is 10.8. The van der Waals surface area contributed by atoms with Crippen molar-refractivity contribution < 1.29 is 9.90 Å². The maximum Gasteiger partial charge on any atom is 0.155 e. The highest BCUT2D eigenvalue weighted by atomic mass is 16.3. The lowest BCUT2D eigenvalue weighted by atomic mass is 9.89. The SMILES string of the molecule is CC1CCC(=O)C=C1CO. The molecule has 1 aliphatic rings. The van der Waals surface area contributed by atoms with Crippen molar-refractivity contribution in [1.29, 1.82) is 0 Å². The van der Waals surface area contributed by atoms with Crippen LogP contribution >= 0.6 is 0 Å². The number of aliphatic hydroxyl groups excluding tert-OH is 1. The first-order valence-corrected chi connectivity index (χ1v) is 3.58. The van der Waals surface area contributed by atoms with Crippen molar-refractivity contribution in [3.63, 3.8) is 0 Å². The first-order chi connectivity index (χ1) is 4.74. The van der Waals surface area contributed by atoms with Crippen LogP contribution in [0.2, 0.25) is 0 Å². The standard InChI is InChI=1S/C8H12O2/c1-6-2-3-8(10)4-7(6)5-9/h4,6,9H,2-3,5H2,1H3. The van der Waals surface area contributed by atoms with Crippen molar-refractivity contribution in [1.82, 2.24) is 0 Å². The molecular formula is C8H12O2. The fraction of sp³-hybridized carbons (Fsp3) is 0.625. The van der Waals surface area contributed by atoms with Crippen LogP contribution in [-0.4, -0.2) is 17.5 Å². The van der Waals surface area contributed by atoms with Gasteiger partial charge in [-0.05, 0) is 24.0 Å². The number of aliphatic hydroxyl groups is 1. The summed E-state index contributed by atoms with van der Waals surface area (Å²) < 4.78 is 0. The van der Waals surface area contributed by atoms with Crippen molar-refractivity contribution in [2.24, 2.45) is 5.92 Å². The summed E-state index contributed by atoms with van der Waals surface area (Å²) >= 11 is 0. The zero-order valence-electron chi connectivity index (χ0n) is 6.13. The van der Waals surface area contributed by atoms with Crippen LogP contribution in [-0.2, 0) is 4.79 Å². The van der Waals surface area contributed by atoms with E-state index in [4.69, 9.17) is 5.11 Å². The highest BCUT2D eigenvalue weighted by Crippen LogP contribution is 2.21. The van der Waals surface area contributed by atoms with Gasteiger partial charge in [-0.1, -0.05) is 6.92 Å². The molecule has 2 nitrogen and oxygen atoms in total. The molecule has 56 valence electrons. The summed E-state index contributed by atoms with van der Waals surface area (Å²) in [4.78, 5) is 10.8. The summed E-state index contributed by atoms with van der Waals surface area (Å²) in [6.07, 6.45) is 3.12. The summed E-state index contributed by atoms with van der Waals surface area (Å²) in [7, 11) is 0. The van der Waals surface area contributed by atoms with Crippen LogP contribution in [0.25, 0.3) is 0 Å². The zero-order valence-corrected chi connectivity index (χ0v) is 6.13. The predicted molar refractivity (Wildman–Crippen MR) is 38.6 cm³/mol. The van der Waals surface area contributed by atoms with Gasteiger partial charge in [-0.15, -0.1) is 0 Å². The van der Waals surface area contributed by atoms with E-state index in [-0.39, 0.29) is 12.4 Å². The summed E-state index contributed by atoms with van der Waals surface area (Å²) in [6, 6.07) is 0. The number of ketones is 1. The van der Waals surface area contributed by atoms with Gasteiger partial charge < -0.3 is 5.11 Å². The Morgan fingerprint density at radius 3 is 3.00 bits per heavy atom. The minimum absolute atomic E-state index is 0.0346. The fourth-order valence-corrected chi connectivity index (χ4v) is 1.17. The molecule has 0 heterocycles. The lowest BCUT2D eigenvalue weighted by Crippen LogP contribution is -2.13. The largest absolute Gasteiger partial charge is 0.392 e. The molecule has 10 heavy (non-hydrogen) atoms. The van der Waals surface area contributed by atoms with Crippen molar-refractivity contribution in [2.45, 2.75) is 19.8 Å². The van der Waals surface area contributed by atoms with E-state index in [0.717, 1.165) is 12.0 Å². The zero-order chi connectivity index (χ0) is 7.56. The van der Waals surface area contributed by atoms with Gasteiger partial charge in [-0.3, -0.25) is 4.79 Å². The quantitative estimate of drug-likeness (QED) is 0.587. The Labute approximate surface area is 60.6 Å². The number of hydrogen-bond acceptors (Lipinski definition) is 2. The molecule has 0 bridgehead atoms. The molecule has 0 saturated heterocycles. The number of carbonyl (C=O) groups is 1. The topological polar surface area (TPSA) is 37.3 Å². The van der Waals surface area contributed by atoms with E-state index in [1.54, 1.807) is 6.08 Å². The third-order valence-corrected chi connectivity index (χ3v) is 1.99. The second kappa shape index (κ2) is 2.97. The summed E-state index contributed by atoms with van der Waals surface area (Å²) in [6.45, 7) is 2.07. The Bertz CT molecular complexity index is 170. The van der Waals surface area contributed by atoms with Crippen molar-refractivity contribution in [3.8, 4) is 0 Å². The second-order valence-corrected chi connectivity index (χ2v) is 2.78. The summed E-state index contributed by atoms with van der Waals surface area (Å²) in [5, 5.41) is 8.76. The summed E-state index contributed by atoms with van der Waals surface area (Å²) in [5.41, 5.74) is 0.885. The van der Waals surface area contributed by atoms with Crippen LogP contribution in [0.4, 0.5) is 0 Å². The van der Waals surface area contributed by atoms with E-state index < -0.39 is 0 Å². The van der Waals surface area contributed by atoms with E-state index in [2.05, 4.69) is 0 Å². The molecule has 0 aromatic rings. The Morgan fingerprint density at radius 1 is 1.80 bits per heavy atom. The highest BCUT2D eigenvalue weighted by Gasteiger charge is 2.15. The van der Waals surface area contributed by atoms with Gasteiger partial charge in [0, 0.05) is 6.42 Å². The Morgan fingerprint density at radius 2 is 2.50 bits per heavy atom. The van der Waals surface area contributed by atoms with Crippen LogP contribution in [0.3, 0.4) is 0 Å². The smallest absolute Gasteiger partial charge is 0.155 e. The Balaban J connectivity index is 2.71. The molecular weight excluding hydrogens is 128 g/mol. The molecule has 1 N–H and O–H groups in total.